The molecule has 1 spiro atoms. The van der Waals surface area contributed by atoms with Crippen molar-refractivity contribution in [1.82, 2.24) is 0 Å². The molecule has 1 saturated carbocycles. The normalized spacial score (nSPS) is 39.1. The molecular weight excluding hydrogens is 308 g/mol. The summed E-state index contributed by atoms with van der Waals surface area (Å²) in [6.07, 6.45) is 9.12. The van der Waals surface area contributed by atoms with Gasteiger partial charge in [-0.15, -0.1) is 0 Å². The third-order valence-corrected chi connectivity index (χ3v) is 6.97. The van der Waals surface area contributed by atoms with Crippen LogP contribution in [-0.4, -0.2) is 16.8 Å². The van der Waals surface area contributed by atoms with Crippen LogP contribution in [0.4, 0.5) is 0 Å². The van der Waals surface area contributed by atoms with E-state index in [2.05, 4.69) is 64.1 Å². The van der Waals surface area contributed by atoms with Crippen molar-refractivity contribution >= 4 is 0 Å². The number of para-hydroxylation sites is 1. The maximum atomic E-state index is 6.95. The molecule has 0 radical (unpaired) electrons. The first-order valence-corrected chi connectivity index (χ1v) is 9.68. The van der Waals surface area contributed by atoms with Crippen molar-refractivity contribution in [2.45, 2.75) is 70.2 Å². The van der Waals surface area contributed by atoms with E-state index in [1.165, 1.54) is 23.1 Å². The Bertz CT molecular complexity index is 798. The van der Waals surface area contributed by atoms with Crippen LogP contribution in [0.1, 0.15) is 52.5 Å². The zero-order chi connectivity index (χ0) is 17.4. The van der Waals surface area contributed by atoms with Crippen molar-refractivity contribution < 1.29 is 9.47 Å². The third kappa shape index (κ3) is 1.89. The van der Waals surface area contributed by atoms with Crippen LogP contribution in [0.5, 0.6) is 5.75 Å². The molecule has 1 saturated heterocycles. The first kappa shape index (κ1) is 15.7. The summed E-state index contributed by atoms with van der Waals surface area (Å²) in [5.74, 6) is 2.12. The lowest BCUT2D eigenvalue weighted by molar-refractivity contribution is -0.147. The fraction of sp³-hybridized carbons (Fsp3) is 0.565. The average Bonchev–Trinajstić information content (AvgIpc) is 2.67. The van der Waals surface area contributed by atoms with Crippen LogP contribution in [0, 0.1) is 11.8 Å². The molecule has 6 rings (SSSR count). The van der Waals surface area contributed by atoms with E-state index in [1.54, 1.807) is 0 Å². The quantitative estimate of drug-likeness (QED) is 0.688. The molecule has 5 aliphatic rings. The monoisotopic (exact) mass is 336 g/mol. The van der Waals surface area contributed by atoms with Crippen LogP contribution in [0.2, 0.25) is 0 Å². The average molecular weight is 336 g/mol. The molecule has 0 N–H and O–H groups in total. The highest BCUT2D eigenvalue weighted by Gasteiger charge is 2.75. The second-order valence-electron chi connectivity index (χ2n) is 9.25. The fourth-order valence-electron chi connectivity index (χ4n) is 6.16. The van der Waals surface area contributed by atoms with Gasteiger partial charge in [0.25, 0.3) is 0 Å². The van der Waals surface area contributed by atoms with E-state index in [4.69, 9.17) is 9.47 Å². The summed E-state index contributed by atoms with van der Waals surface area (Å²) in [6, 6.07) is 8.57. The molecule has 2 nitrogen and oxygen atoms in total. The van der Waals surface area contributed by atoms with Crippen LogP contribution < -0.4 is 4.74 Å². The van der Waals surface area contributed by atoms with Crippen LogP contribution in [0.15, 0.2) is 47.6 Å². The van der Waals surface area contributed by atoms with E-state index < -0.39 is 0 Å². The molecule has 4 bridgehead atoms. The molecule has 2 heterocycles. The Morgan fingerprint density at radius 1 is 1.24 bits per heavy atom. The van der Waals surface area contributed by atoms with Gasteiger partial charge in [0.05, 0.1) is 5.60 Å². The van der Waals surface area contributed by atoms with Crippen LogP contribution >= 0.6 is 0 Å². The Hall–Kier alpha value is -1.54. The van der Waals surface area contributed by atoms with E-state index in [9.17, 15) is 0 Å². The van der Waals surface area contributed by atoms with Gasteiger partial charge in [-0.05, 0) is 70.1 Å². The molecule has 25 heavy (non-hydrogen) atoms. The van der Waals surface area contributed by atoms with E-state index >= 15 is 0 Å². The van der Waals surface area contributed by atoms with Gasteiger partial charge < -0.3 is 9.47 Å². The largest absolute Gasteiger partial charge is 0.479 e. The van der Waals surface area contributed by atoms with Crippen molar-refractivity contribution in [3.8, 4) is 5.75 Å². The summed E-state index contributed by atoms with van der Waals surface area (Å²) in [5, 5.41) is 0. The van der Waals surface area contributed by atoms with E-state index in [0.717, 1.165) is 25.0 Å². The van der Waals surface area contributed by atoms with E-state index in [-0.39, 0.29) is 16.8 Å². The molecule has 132 valence electrons. The molecule has 1 aromatic carbocycles. The topological polar surface area (TPSA) is 18.5 Å². The van der Waals surface area contributed by atoms with Crippen molar-refractivity contribution in [2.75, 3.05) is 0 Å². The molecule has 0 amide bonds. The summed E-state index contributed by atoms with van der Waals surface area (Å²) in [4.78, 5) is 0. The third-order valence-electron chi connectivity index (χ3n) is 6.97. The first-order chi connectivity index (χ1) is 11.9. The first-order valence-electron chi connectivity index (χ1n) is 9.68. The predicted molar refractivity (Wildman–Crippen MR) is 99.7 cm³/mol. The predicted octanol–water partition coefficient (Wildman–Crippen LogP) is 5.23. The fourth-order valence-corrected chi connectivity index (χ4v) is 6.16. The van der Waals surface area contributed by atoms with E-state index in [0.29, 0.717) is 11.8 Å². The Kier molecular flexibility index (Phi) is 3.01. The van der Waals surface area contributed by atoms with Crippen molar-refractivity contribution in [1.29, 1.82) is 0 Å². The number of ether oxygens (including phenoxy) is 2. The minimum Gasteiger partial charge on any atom is -0.479 e. The van der Waals surface area contributed by atoms with Crippen LogP contribution in [0.3, 0.4) is 0 Å². The molecule has 0 aromatic heterocycles. The standard InChI is InChI=1S/C23H28O2/c1-15(2)9-10-22-14-16-11-18-13-17-7-5-6-8-19(17)24-23(18,22)20(12-16)21(3,4)25-22/h5-9,11,16,20H,10,12-14H2,1-4H3. The second kappa shape index (κ2) is 4.79. The minimum absolute atomic E-state index is 0.143. The Morgan fingerprint density at radius 3 is 2.84 bits per heavy atom. The van der Waals surface area contributed by atoms with Crippen LogP contribution in [-0.2, 0) is 11.2 Å². The molecule has 2 heteroatoms. The number of rotatable bonds is 2. The van der Waals surface area contributed by atoms with Gasteiger partial charge in [-0.3, -0.25) is 0 Å². The molecule has 4 atom stereocenters. The van der Waals surface area contributed by atoms with Gasteiger partial charge in [-0.2, -0.15) is 0 Å². The summed E-state index contributed by atoms with van der Waals surface area (Å²) in [6.45, 7) is 8.92. The highest BCUT2D eigenvalue weighted by atomic mass is 16.6. The van der Waals surface area contributed by atoms with Crippen LogP contribution in [0.25, 0.3) is 0 Å². The van der Waals surface area contributed by atoms with Gasteiger partial charge in [-0.25, -0.2) is 0 Å². The second-order valence-corrected chi connectivity index (χ2v) is 9.25. The van der Waals surface area contributed by atoms with E-state index in [1.807, 2.05) is 0 Å². The molecule has 2 aliphatic heterocycles. The van der Waals surface area contributed by atoms with Crippen molar-refractivity contribution in [3.05, 3.63) is 53.1 Å². The molecule has 1 aromatic rings. The number of allylic oxidation sites excluding steroid dienone is 2. The summed E-state index contributed by atoms with van der Waals surface area (Å²) >= 11 is 0. The summed E-state index contributed by atoms with van der Waals surface area (Å²) < 4.78 is 13.9. The van der Waals surface area contributed by atoms with Gasteiger partial charge in [0.1, 0.15) is 11.4 Å². The SMILES string of the molecule is CC(C)=CCC12CC3C=C4Cc5ccccc5OC41C(C3)C(C)(C)O2. The Balaban J connectivity index is 1.72. The van der Waals surface area contributed by atoms with Gasteiger partial charge in [-0.1, -0.05) is 35.9 Å². The number of fused-ring (bicyclic) bond motifs is 1. The van der Waals surface area contributed by atoms with Gasteiger partial charge in [0.15, 0.2) is 5.60 Å². The lowest BCUT2D eigenvalue weighted by atomic mass is 9.52. The number of hydrogen-bond donors (Lipinski definition) is 0. The summed E-state index contributed by atoms with van der Waals surface area (Å²) in [7, 11) is 0. The number of benzene rings is 1. The highest BCUT2D eigenvalue weighted by molar-refractivity contribution is 5.51. The number of hydrogen-bond acceptors (Lipinski definition) is 2. The minimum atomic E-state index is -0.286. The van der Waals surface area contributed by atoms with Gasteiger partial charge in [0.2, 0.25) is 0 Å². The molecule has 2 fully saturated rings. The van der Waals surface area contributed by atoms with Crippen molar-refractivity contribution in [3.63, 3.8) is 0 Å². The smallest absolute Gasteiger partial charge is 0.165 e. The lowest BCUT2D eigenvalue weighted by Gasteiger charge is -2.58. The summed E-state index contributed by atoms with van der Waals surface area (Å²) in [5.41, 5.74) is 3.51. The Labute approximate surface area is 150 Å². The molecule has 4 unspecified atom stereocenters. The Morgan fingerprint density at radius 2 is 2.04 bits per heavy atom. The molecular formula is C23H28O2. The maximum absolute atomic E-state index is 6.95. The zero-order valence-corrected chi connectivity index (χ0v) is 15.8. The molecule has 3 aliphatic carbocycles. The zero-order valence-electron chi connectivity index (χ0n) is 15.8. The highest BCUT2D eigenvalue weighted by Crippen LogP contribution is 2.68. The van der Waals surface area contributed by atoms with Crippen molar-refractivity contribution in [2.24, 2.45) is 11.8 Å². The van der Waals surface area contributed by atoms with Gasteiger partial charge >= 0.3 is 0 Å². The lowest BCUT2D eigenvalue weighted by Crippen LogP contribution is -2.66. The van der Waals surface area contributed by atoms with Gasteiger partial charge in [0, 0.05) is 12.3 Å². The maximum Gasteiger partial charge on any atom is 0.165 e.